The molecule has 0 aliphatic carbocycles. The van der Waals surface area contributed by atoms with Gasteiger partial charge in [0.1, 0.15) is 11.6 Å². The van der Waals surface area contributed by atoms with E-state index in [-0.39, 0.29) is 17.9 Å². The lowest BCUT2D eigenvalue weighted by atomic mass is 10.0. The molecule has 0 bridgehead atoms. The number of Topliss-reactive ketones (excluding diaryl/α,β-unsaturated/α-hetero) is 1. The molecule has 0 amide bonds. The van der Waals surface area contributed by atoms with Gasteiger partial charge >= 0.3 is 5.97 Å². The van der Waals surface area contributed by atoms with Crippen LogP contribution in [0, 0.1) is 11.3 Å². The lowest BCUT2D eigenvalue weighted by molar-refractivity contribution is 0.0518. The number of carbonyl (C=O) groups excluding carboxylic acids is 2. The van der Waals surface area contributed by atoms with Crippen molar-refractivity contribution in [2.45, 2.75) is 6.92 Å². The zero-order valence-electron chi connectivity index (χ0n) is 16.7. The number of rotatable bonds is 6. The Bertz CT molecular complexity index is 1340. The van der Waals surface area contributed by atoms with Gasteiger partial charge in [0.2, 0.25) is 5.78 Å². The molecule has 0 fully saturated rings. The average molecular weight is 410 g/mol. The molecule has 0 aliphatic heterocycles. The number of allylic oxidation sites excluding steroid dienone is 1. The molecule has 7 nitrogen and oxygen atoms in total. The highest BCUT2D eigenvalue weighted by atomic mass is 16.5. The van der Waals surface area contributed by atoms with Crippen molar-refractivity contribution in [3.63, 3.8) is 0 Å². The van der Waals surface area contributed by atoms with Gasteiger partial charge in [-0.15, -0.1) is 0 Å². The van der Waals surface area contributed by atoms with Crippen LogP contribution < -0.4 is 0 Å². The maximum atomic E-state index is 13.1. The lowest BCUT2D eigenvalue weighted by Gasteiger charge is -2.00. The van der Waals surface area contributed by atoms with Gasteiger partial charge in [-0.25, -0.2) is 9.48 Å². The van der Waals surface area contributed by atoms with Crippen molar-refractivity contribution < 1.29 is 14.3 Å². The molecule has 4 aromatic rings. The van der Waals surface area contributed by atoms with E-state index >= 15 is 0 Å². The van der Waals surface area contributed by atoms with Crippen molar-refractivity contribution in [1.29, 1.82) is 5.26 Å². The number of nitrogens with one attached hydrogen (secondary N) is 1. The maximum Gasteiger partial charge on any atom is 0.359 e. The van der Waals surface area contributed by atoms with Crippen LogP contribution >= 0.6 is 0 Å². The van der Waals surface area contributed by atoms with E-state index in [9.17, 15) is 14.9 Å². The number of aromatic nitrogens is 3. The number of aromatic amines is 1. The Balaban J connectivity index is 1.79. The maximum absolute atomic E-state index is 13.1. The summed E-state index contributed by atoms with van der Waals surface area (Å²) in [5.41, 5.74) is 2.16. The summed E-state index contributed by atoms with van der Waals surface area (Å²) in [6, 6.07) is 18.5. The molecule has 152 valence electrons. The van der Waals surface area contributed by atoms with Crippen LogP contribution in [0.3, 0.4) is 0 Å². The van der Waals surface area contributed by atoms with Gasteiger partial charge in [-0.1, -0.05) is 36.4 Å². The van der Waals surface area contributed by atoms with Crippen LogP contribution in [0.1, 0.15) is 33.3 Å². The van der Waals surface area contributed by atoms with Gasteiger partial charge in [-0.2, -0.15) is 10.4 Å². The number of H-pyrrole nitrogens is 1. The number of ketones is 1. The third kappa shape index (κ3) is 3.87. The van der Waals surface area contributed by atoms with Crippen molar-refractivity contribution in [3.8, 4) is 11.8 Å². The summed E-state index contributed by atoms with van der Waals surface area (Å²) in [5.74, 6) is -1.07. The molecule has 2 heterocycles. The third-order valence-electron chi connectivity index (χ3n) is 4.73. The van der Waals surface area contributed by atoms with E-state index in [1.807, 2.05) is 60.7 Å². The van der Waals surface area contributed by atoms with E-state index in [0.29, 0.717) is 11.1 Å². The summed E-state index contributed by atoms with van der Waals surface area (Å²) in [4.78, 5) is 28.6. The Kier molecular flexibility index (Phi) is 5.45. The molecule has 7 heteroatoms. The Morgan fingerprint density at radius 2 is 1.90 bits per heavy atom. The lowest BCUT2D eigenvalue weighted by Crippen LogP contribution is -2.08. The predicted octanol–water partition coefficient (Wildman–Crippen LogP) is 4.32. The second kappa shape index (κ2) is 8.51. The molecular weight excluding hydrogens is 392 g/mol. The van der Waals surface area contributed by atoms with E-state index < -0.39 is 11.8 Å². The first-order valence-corrected chi connectivity index (χ1v) is 9.67. The highest BCUT2D eigenvalue weighted by Gasteiger charge is 2.21. The number of ether oxygens (including phenoxy) is 1. The van der Waals surface area contributed by atoms with Crippen LogP contribution in [0.5, 0.6) is 0 Å². The topological polar surface area (TPSA) is 101 Å². The van der Waals surface area contributed by atoms with Gasteiger partial charge in [-0.05, 0) is 31.2 Å². The van der Waals surface area contributed by atoms with Crippen LogP contribution in [-0.2, 0) is 4.74 Å². The van der Waals surface area contributed by atoms with Gasteiger partial charge in [0.25, 0.3) is 0 Å². The Morgan fingerprint density at radius 3 is 2.65 bits per heavy atom. The SMILES string of the molecule is CCOC(=O)c1nn(-c2ccccc2)cc1/C=C(/C#N)C(=O)c1c[nH]c2ccccc12. The predicted molar refractivity (Wildman–Crippen MR) is 116 cm³/mol. The van der Waals surface area contributed by atoms with Gasteiger partial charge in [0.15, 0.2) is 5.69 Å². The summed E-state index contributed by atoms with van der Waals surface area (Å²) in [5, 5.41) is 14.7. The van der Waals surface area contributed by atoms with Crippen LogP contribution in [0.2, 0.25) is 0 Å². The van der Waals surface area contributed by atoms with E-state index in [2.05, 4.69) is 10.1 Å². The molecule has 31 heavy (non-hydrogen) atoms. The van der Waals surface area contributed by atoms with Crippen LogP contribution in [-0.4, -0.2) is 33.1 Å². The van der Waals surface area contributed by atoms with E-state index in [0.717, 1.165) is 16.6 Å². The molecule has 1 N–H and O–H groups in total. The number of carbonyl (C=O) groups is 2. The highest BCUT2D eigenvalue weighted by molar-refractivity contribution is 6.20. The Morgan fingerprint density at radius 1 is 1.16 bits per heavy atom. The van der Waals surface area contributed by atoms with Gasteiger partial charge in [0.05, 0.1) is 12.3 Å². The molecule has 0 saturated carbocycles. The first kappa shape index (κ1) is 19.9. The van der Waals surface area contributed by atoms with Gasteiger partial charge in [-0.3, -0.25) is 4.79 Å². The fraction of sp³-hybridized carbons (Fsp3) is 0.0833. The minimum atomic E-state index is -0.625. The molecule has 0 atom stereocenters. The first-order chi connectivity index (χ1) is 15.1. The summed E-state index contributed by atoms with van der Waals surface area (Å²) < 4.78 is 6.62. The number of hydrogen-bond donors (Lipinski definition) is 1. The summed E-state index contributed by atoms with van der Waals surface area (Å²) in [7, 11) is 0. The summed E-state index contributed by atoms with van der Waals surface area (Å²) >= 11 is 0. The number of benzene rings is 2. The van der Waals surface area contributed by atoms with E-state index in [1.54, 1.807) is 19.3 Å². The summed E-state index contributed by atoms with van der Waals surface area (Å²) in [6.07, 6.45) is 4.56. The van der Waals surface area contributed by atoms with Crippen molar-refractivity contribution in [1.82, 2.24) is 14.8 Å². The number of nitrogens with zero attached hydrogens (tertiary/aromatic N) is 3. The van der Waals surface area contributed by atoms with Crippen molar-refractivity contribution in [3.05, 3.63) is 89.4 Å². The summed E-state index contributed by atoms with van der Waals surface area (Å²) in [6.45, 7) is 1.88. The fourth-order valence-corrected chi connectivity index (χ4v) is 3.27. The number of fused-ring (bicyclic) bond motifs is 1. The molecule has 0 aliphatic rings. The normalized spacial score (nSPS) is 11.3. The second-order valence-corrected chi connectivity index (χ2v) is 6.68. The van der Waals surface area contributed by atoms with E-state index in [1.165, 1.54) is 10.8 Å². The number of para-hydroxylation sites is 2. The van der Waals surface area contributed by atoms with Crippen molar-refractivity contribution in [2.24, 2.45) is 0 Å². The first-order valence-electron chi connectivity index (χ1n) is 9.67. The zero-order valence-corrected chi connectivity index (χ0v) is 16.7. The third-order valence-corrected chi connectivity index (χ3v) is 4.73. The minimum absolute atomic E-state index is 0.0326. The number of nitriles is 1. The smallest absolute Gasteiger partial charge is 0.359 e. The van der Waals surface area contributed by atoms with Gasteiger partial charge < -0.3 is 9.72 Å². The van der Waals surface area contributed by atoms with Crippen LogP contribution in [0.25, 0.3) is 22.7 Å². The molecule has 0 saturated heterocycles. The second-order valence-electron chi connectivity index (χ2n) is 6.68. The molecular formula is C24H18N4O3. The van der Waals surface area contributed by atoms with Gasteiger partial charge in [0, 0.05) is 34.4 Å². The van der Waals surface area contributed by atoms with Crippen molar-refractivity contribution in [2.75, 3.05) is 6.61 Å². The number of esters is 1. The standard InChI is InChI=1S/C24H18N4O3/c1-2-31-24(30)22-17(15-28(27-22)18-8-4-3-5-9-18)12-16(13-25)23(29)20-14-26-21-11-7-6-10-19(20)21/h3-12,14-15,26H,2H2,1H3/b16-12-. The molecule has 4 rings (SSSR count). The molecule has 0 spiro atoms. The Hall–Kier alpha value is -4.44. The zero-order chi connectivity index (χ0) is 21.8. The largest absolute Gasteiger partial charge is 0.461 e. The van der Waals surface area contributed by atoms with Crippen LogP contribution in [0.4, 0.5) is 0 Å². The molecule has 2 aromatic carbocycles. The number of hydrogen-bond acceptors (Lipinski definition) is 5. The van der Waals surface area contributed by atoms with Crippen molar-refractivity contribution >= 4 is 28.7 Å². The average Bonchev–Trinajstić information content (AvgIpc) is 3.42. The molecule has 0 radical (unpaired) electrons. The Labute approximate surface area is 178 Å². The molecule has 0 unspecified atom stereocenters. The van der Waals surface area contributed by atoms with Crippen LogP contribution in [0.15, 0.2) is 72.6 Å². The highest BCUT2D eigenvalue weighted by Crippen LogP contribution is 2.23. The fourth-order valence-electron chi connectivity index (χ4n) is 3.27. The monoisotopic (exact) mass is 410 g/mol. The van der Waals surface area contributed by atoms with E-state index in [4.69, 9.17) is 4.74 Å². The minimum Gasteiger partial charge on any atom is -0.461 e. The molecule has 2 aromatic heterocycles. The quantitative estimate of drug-likeness (QED) is 0.221.